The predicted octanol–water partition coefficient (Wildman–Crippen LogP) is 3.48. The SMILES string of the molecule is COc1ccc(-c2cnc(C(C)C)o2)cc1OC. The Kier molecular flexibility index (Phi) is 3.55. The van der Waals surface area contributed by atoms with Gasteiger partial charge in [-0.15, -0.1) is 0 Å². The zero-order chi connectivity index (χ0) is 13.1. The van der Waals surface area contributed by atoms with Gasteiger partial charge in [0.25, 0.3) is 0 Å². The van der Waals surface area contributed by atoms with Crippen LogP contribution in [0.5, 0.6) is 11.5 Å². The molecule has 0 N–H and O–H groups in total. The summed E-state index contributed by atoms with van der Waals surface area (Å²) in [4.78, 5) is 4.25. The molecule has 0 bridgehead atoms. The topological polar surface area (TPSA) is 44.5 Å². The van der Waals surface area contributed by atoms with Crippen LogP contribution in [0.15, 0.2) is 28.8 Å². The summed E-state index contributed by atoms with van der Waals surface area (Å²) in [6.45, 7) is 4.09. The van der Waals surface area contributed by atoms with E-state index in [1.54, 1.807) is 20.4 Å². The van der Waals surface area contributed by atoms with E-state index >= 15 is 0 Å². The van der Waals surface area contributed by atoms with Crippen molar-refractivity contribution in [3.05, 3.63) is 30.3 Å². The van der Waals surface area contributed by atoms with E-state index < -0.39 is 0 Å². The number of oxazole rings is 1. The highest BCUT2D eigenvalue weighted by Gasteiger charge is 2.12. The monoisotopic (exact) mass is 247 g/mol. The summed E-state index contributed by atoms with van der Waals surface area (Å²) in [6, 6.07) is 5.65. The average molecular weight is 247 g/mol. The largest absolute Gasteiger partial charge is 0.493 e. The molecule has 96 valence electrons. The summed E-state index contributed by atoms with van der Waals surface area (Å²) >= 11 is 0. The van der Waals surface area contributed by atoms with Gasteiger partial charge in [0.15, 0.2) is 23.1 Å². The Hall–Kier alpha value is -1.97. The molecule has 0 saturated heterocycles. The third-order valence-electron chi connectivity index (χ3n) is 2.69. The summed E-state index contributed by atoms with van der Waals surface area (Å²) in [5, 5.41) is 0. The normalized spacial score (nSPS) is 10.7. The van der Waals surface area contributed by atoms with Gasteiger partial charge in [-0.1, -0.05) is 13.8 Å². The van der Waals surface area contributed by atoms with Gasteiger partial charge in [-0.25, -0.2) is 4.98 Å². The molecule has 0 atom stereocenters. The van der Waals surface area contributed by atoms with Gasteiger partial charge in [0.2, 0.25) is 0 Å². The van der Waals surface area contributed by atoms with Crippen molar-refractivity contribution in [2.75, 3.05) is 14.2 Å². The van der Waals surface area contributed by atoms with Gasteiger partial charge < -0.3 is 13.9 Å². The average Bonchev–Trinajstić information content (AvgIpc) is 2.87. The van der Waals surface area contributed by atoms with Crippen LogP contribution < -0.4 is 9.47 Å². The summed E-state index contributed by atoms with van der Waals surface area (Å²) in [7, 11) is 3.23. The van der Waals surface area contributed by atoms with Crippen molar-refractivity contribution in [2.45, 2.75) is 19.8 Å². The molecule has 2 aromatic rings. The molecule has 0 aliphatic carbocycles. The minimum atomic E-state index is 0.277. The number of ether oxygens (including phenoxy) is 2. The van der Waals surface area contributed by atoms with E-state index in [1.165, 1.54) is 0 Å². The highest BCUT2D eigenvalue weighted by molar-refractivity contribution is 5.62. The maximum atomic E-state index is 5.70. The van der Waals surface area contributed by atoms with Crippen molar-refractivity contribution >= 4 is 0 Å². The van der Waals surface area contributed by atoms with Gasteiger partial charge in [0.05, 0.1) is 20.4 Å². The lowest BCUT2D eigenvalue weighted by molar-refractivity contribution is 0.355. The summed E-state index contributed by atoms with van der Waals surface area (Å²) in [6.07, 6.45) is 1.73. The van der Waals surface area contributed by atoms with E-state index in [-0.39, 0.29) is 5.92 Å². The molecular formula is C14H17NO3. The molecule has 1 aromatic carbocycles. The van der Waals surface area contributed by atoms with Crippen LogP contribution in [-0.4, -0.2) is 19.2 Å². The zero-order valence-corrected chi connectivity index (χ0v) is 11.1. The first-order valence-corrected chi connectivity index (χ1v) is 5.83. The van der Waals surface area contributed by atoms with Crippen LogP contribution in [0, 0.1) is 0 Å². The smallest absolute Gasteiger partial charge is 0.197 e. The van der Waals surface area contributed by atoms with Crippen molar-refractivity contribution in [1.29, 1.82) is 0 Å². The van der Waals surface area contributed by atoms with Crippen molar-refractivity contribution in [3.8, 4) is 22.8 Å². The van der Waals surface area contributed by atoms with E-state index in [1.807, 2.05) is 32.0 Å². The van der Waals surface area contributed by atoms with Crippen molar-refractivity contribution in [1.82, 2.24) is 4.98 Å². The fourth-order valence-electron chi connectivity index (χ4n) is 1.68. The number of hydrogen-bond donors (Lipinski definition) is 0. The maximum Gasteiger partial charge on any atom is 0.197 e. The predicted molar refractivity (Wildman–Crippen MR) is 69.1 cm³/mol. The number of hydrogen-bond acceptors (Lipinski definition) is 4. The first-order valence-electron chi connectivity index (χ1n) is 5.83. The highest BCUT2D eigenvalue weighted by Crippen LogP contribution is 2.33. The first-order chi connectivity index (χ1) is 8.65. The van der Waals surface area contributed by atoms with E-state index in [0.29, 0.717) is 11.5 Å². The minimum absolute atomic E-state index is 0.277. The first kappa shape index (κ1) is 12.5. The second-order valence-electron chi connectivity index (χ2n) is 4.29. The molecule has 1 aromatic heterocycles. The lowest BCUT2D eigenvalue weighted by Gasteiger charge is -2.08. The summed E-state index contributed by atoms with van der Waals surface area (Å²) in [5.41, 5.74) is 0.923. The van der Waals surface area contributed by atoms with E-state index in [9.17, 15) is 0 Å². The second-order valence-corrected chi connectivity index (χ2v) is 4.29. The number of methoxy groups -OCH3 is 2. The van der Waals surface area contributed by atoms with Gasteiger partial charge >= 0.3 is 0 Å². The molecule has 0 radical (unpaired) electrons. The van der Waals surface area contributed by atoms with E-state index in [0.717, 1.165) is 17.2 Å². The van der Waals surface area contributed by atoms with Crippen LogP contribution in [0.3, 0.4) is 0 Å². The molecule has 18 heavy (non-hydrogen) atoms. The fraction of sp³-hybridized carbons (Fsp3) is 0.357. The van der Waals surface area contributed by atoms with Crippen molar-refractivity contribution in [3.63, 3.8) is 0 Å². The van der Waals surface area contributed by atoms with Crippen molar-refractivity contribution in [2.24, 2.45) is 0 Å². The minimum Gasteiger partial charge on any atom is -0.493 e. The molecule has 0 aliphatic rings. The quantitative estimate of drug-likeness (QED) is 0.829. The van der Waals surface area contributed by atoms with E-state index in [4.69, 9.17) is 13.9 Å². The standard InChI is InChI=1S/C14H17NO3/c1-9(2)14-15-8-13(18-14)10-5-6-11(16-3)12(7-10)17-4/h5-9H,1-4H3. The Morgan fingerprint density at radius 1 is 1.11 bits per heavy atom. The molecule has 1 heterocycles. The number of rotatable bonds is 4. The lowest BCUT2D eigenvalue weighted by Crippen LogP contribution is -1.90. The van der Waals surface area contributed by atoms with Gasteiger partial charge in [-0.3, -0.25) is 0 Å². The zero-order valence-electron chi connectivity index (χ0n) is 11.1. The van der Waals surface area contributed by atoms with Crippen LogP contribution >= 0.6 is 0 Å². The van der Waals surface area contributed by atoms with Crippen LogP contribution in [0.2, 0.25) is 0 Å². The Labute approximate surface area is 107 Å². The van der Waals surface area contributed by atoms with E-state index in [2.05, 4.69) is 4.98 Å². The Morgan fingerprint density at radius 3 is 2.39 bits per heavy atom. The molecule has 4 heteroatoms. The second kappa shape index (κ2) is 5.12. The molecule has 2 rings (SSSR count). The highest BCUT2D eigenvalue weighted by atomic mass is 16.5. The third kappa shape index (κ3) is 2.32. The van der Waals surface area contributed by atoms with Crippen molar-refractivity contribution < 1.29 is 13.9 Å². The van der Waals surface area contributed by atoms with Gasteiger partial charge in [0, 0.05) is 11.5 Å². The van der Waals surface area contributed by atoms with Gasteiger partial charge in [-0.05, 0) is 18.2 Å². The summed E-state index contributed by atoms with van der Waals surface area (Å²) < 4.78 is 16.2. The van der Waals surface area contributed by atoms with Crippen LogP contribution in [0.25, 0.3) is 11.3 Å². The lowest BCUT2D eigenvalue weighted by atomic mass is 10.1. The third-order valence-corrected chi connectivity index (χ3v) is 2.69. The molecule has 0 unspecified atom stereocenters. The molecule has 4 nitrogen and oxygen atoms in total. The van der Waals surface area contributed by atoms with Crippen LogP contribution in [0.1, 0.15) is 25.7 Å². The van der Waals surface area contributed by atoms with Gasteiger partial charge in [0.1, 0.15) is 0 Å². The Balaban J connectivity index is 2.38. The number of benzene rings is 1. The molecule has 0 spiro atoms. The summed E-state index contributed by atoms with van der Waals surface area (Å²) in [5.74, 6) is 3.13. The fourth-order valence-corrected chi connectivity index (χ4v) is 1.68. The molecule has 0 amide bonds. The van der Waals surface area contributed by atoms with Crippen LogP contribution in [-0.2, 0) is 0 Å². The number of nitrogens with zero attached hydrogens (tertiary/aromatic N) is 1. The molecule has 0 fully saturated rings. The van der Waals surface area contributed by atoms with Crippen LogP contribution in [0.4, 0.5) is 0 Å². The molecule has 0 aliphatic heterocycles. The number of aromatic nitrogens is 1. The Morgan fingerprint density at radius 2 is 1.83 bits per heavy atom. The Bertz CT molecular complexity index is 532. The molecule has 0 saturated carbocycles. The maximum absolute atomic E-state index is 5.70. The molecular weight excluding hydrogens is 230 g/mol. The van der Waals surface area contributed by atoms with Gasteiger partial charge in [-0.2, -0.15) is 0 Å².